The van der Waals surface area contributed by atoms with E-state index in [2.05, 4.69) is 10.3 Å². The maximum Gasteiger partial charge on any atom is 0.270 e. The monoisotopic (exact) mass is 313 g/mol. The number of nitriles is 1. The van der Waals surface area contributed by atoms with Crippen molar-refractivity contribution in [2.75, 3.05) is 0 Å². The second-order valence-corrected chi connectivity index (χ2v) is 5.50. The molecule has 0 aliphatic heterocycles. The summed E-state index contributed by atoms with van der Waals surface area (Å²) in [4.78, 5) is 16.3. The summed E-state index contributed by atoms with van der Waals surface area (Å²) in [7, 11) is 0. The van der Waals surface area contributed by atoms with Gasteiger partial charge in [0.1, 0.15) is 23.4 Å². The van der Waals surface area contributed by atoms with Crippen molar-refractivity contribution in [3.8, 4) is 17.2 Å². The van der Waals surface area contributed by atoms with Gasteiger partial charge in [-0.1, -0.05) is 0 Å². The minimum absolute atomic E-state index is 0.0638. The highest BCUT2D eigenvalue weighted by Gasteiger charge is 2.25. The molecule has 1 aromatic heterocycles. The zero-order chi connectivity index (χ0) is 16.6. The highest BCUT2D eigenvalue weighted by molar-refractivity contribution is 5.94. The molecular formula is C17H13F2N3O. The van der Waals surface area contributed by atoms with Gasteiger partial charge in [-0.15, -0.1) is 0 Å². The fraction of sp³-hybridized carbons (Fsp3) is 0.235. The van der Waals surface area contributed by atoms with E-state index in [0.29, 0.717) is 5.69 Å². The van der Waals surface area contributed by atoms with Crippen LogP contribution in [0.3, 0.4) is 0 Å². The van der Waals surface area contributed by atoms with Gasteiger partial charge in [-0.25, -0.2) is 13.8 Å². The second-order valence-electron chi connectivity index (χ2n) is 5.50. The average Bonchev–Trinajstić information content (AvgIpc) is 3.30. The van der Waals surface area contributed by atoms with Crippen LogP contribution < -0.4 is 5.32 Å². The van der Waals surface area contributed by atoms with Crippen LogP contribution in [0.4, 0.5) is 8.78 Å². The Morgan fingerprint density at radius 1 is 1.30 bits per heavy atom. The standard InChI is InChI=1S/C17H13F2N3O/c1-9-14(8-20)13(12-5-2-10(18)6-15(12)19)7-16(21-9)17(23)22-11-3-4-11/h2,5-7,11H,3-4H2,1H3,(H,22,23). The van der Waals surface area contributed by atoms with E-state index in [1.54, 1.807) is 6.92 Å². The normalized spacial score (nSPS) is 13.5. The first-order chi connectivity index (χ1) is 11.0. The average molecular weight is 313 g/mol. The number of amides is 1. The number of pyridine rings is 1. The molecule has 0 bridgehead atoms. The summed E-state index contributed by atoms with van der Waals surface area (Å²) < 4.78 is 27.2. The Kier molecular flexibility index (Phi) is 3.78. The van der Waals surface area contributed by atoms with Crippen molar-refractivity contribution in [2.45, 2.75) is 25.8 Å². The van der Waals surface area contributed by atoms with E-state index in [-0.39, 0.29) is 34.3 Å². The van der Waals surface area contributed by atoms with E-state index in [1.807, 2.05) is 6.07 Å². The van der Waals surface area contributed by atoms with Crippen LogP contribution in [0.15, 0.2) is 24.3 Å². The maximum absolute atomic E-state index is 14.1. The molecule has 0 unspecified atom stereocenters. The van der Waals surface area contributed by atoms with Crippen LogP contribution in [0.5, 0.6) is 0 Å². The number of aryl methyl sites for hydroxylation is 1. The van der Waals surface area contributed by atoms with Gasteiger partial charge >= 0.3 is 0 Å². The summed E-state index contributed by atoms with van der Waals surface area (Å²) >= 11 is 0. The van der Waals surface area contributed by atoms with E-state index in [9.17, 15) is 18.8 Å². The Labute approximate surface area is 131 Å². The van der Waals surface area contributed by atoms with Crippen molar-refractivity contribution in [2.24, 2.45) is 0 Å². The number of benzene rings is 1. The third-order valence-electron chi connectivity index (χ3n) is 3.68. The zero-order valence-electron chi connectivity index (χ0n) is 12.4. The molecule has 6 heteroatoms. The van der Waals surface area contributed by atoms with E-state index < -0.39 is 11.6 Å². The Morgan fingerprint density at radius 2 is 2.04 bits per heavy atom. The van der Waals surface area contributed by atoms with Crippen molar-refractivity contribution in [3.63, 3.8) is 0 Å². The number of aromatic nitrogens is 1. The van der Waals surface area contributed by atoms with Crippen molar-refractivity contribution in [1.82, 2.24) is 10.3 Å². The number of carbonyl (C=O) groups excluding carboxylic acids is 1. The quantitative estimate of drug-likeness (QED) is 0.947. The third-order valence-corrected chi connectivity index (χ3v) is 3.68. The van der Waals surface area contributed by atoms with Crippen LogP contribution in [0.25, 0.3) is 11.1 Å². The lowest BCUT2D eigenvalue weighted by Crippen LogP contribution is -2.26. The highest BCUT2D eigenvalue weighted by Crippen LogP contribution is 2.29. The molecule has 0 saturated heterocycles. The molecule has 1 N–H and O–H groups in total. The largest absolute Gasteiger partial charge is 0.348 e. The molecule has 116 valence electrons. The predicted molar refractivity (Wildman–Crippen MR) is 79.5 cm³/mol. The van der Waals surface area contributed by atoms with Crippen molar-refractivity contribution in [1.29, 1.82) is 5.26 Å². The van der Waals surface area contributed by atoms with Crippen LogP contribution in [-0.2, 0) is 0 Å². The number of hydrogen-bond donors (Lipinski definition) is 1. The van der Waals surface area contributed by atoms with Gasteiger partial charge in [0.15, 0.2) is 0 Å². The molecule has 0 spiro atoms. The minimum Gasteiger partial charge on any atom is -0.348 e. The number of nitrogens with one attached hydrogen (secondary N) is 1. The number of carbonyl (C=O) groups is 1. The maximum atomic E-state index is 14.1. The molecule has 2 aromatic rings. The molecule has 1 amide bonds. The molecule has 1 fully saturated rings. The second kappa shape index (κ2) is 5.76. The van der Waals surface area contributed by atoms with Crippen LogP contribution in [0.2, 0.25) is 0 Å². The van der Waals surface area contributed by atoms with Gasteiger partial charge in [0.25, 0.3) is 5.91 Å². The fourth-order valence-corrected chi connectivity index (χ4v) is 2.34. The topological polar surface area (TPSA) is 65.8 Å². The molecule has 1 aliphatic carbocycles. The molecular weight excluding hydrogens is 300 g/mol. The number of hydrogen-bond acceptors (Lipinski definition) is 3. The fourth-order valence-electron chi connectivity index (χ4n) is 2.34. The first-order valence-corrected chi connectivity index (χ1v) is 7.17. The Bertz CT molecular complexity index is 838. The molecule has 0 atom stereocenters. The van der Waals surface area contributed by atoms with Crippen LogP contribution >= 0.6 is 0 Å². The summed E-state index contributed by atoms with van der Waals surface area (Å²) in [5.74, 6) is -1.85. The van der Waals surface area contributed by atoms with Gasteiger partial charge in [0, 0.05) is 23.2 Å². The molecule has 4 nitrogen and oxygen atoms in total. The summed E-state index contributed by atoms with van der Waals surface area (Å²) in [6.45, 7) is 1.58. The van der Waals surface area contributed by atoms with Crippen molar-refractivity contribution < 1.29 is 13.6 Å². The highest BCUT2D eigenvalue weighted by atomic mass is 19.1. The summed E-state index contributed by atoms with van der Waals surface area (Å²) in [6.07, 6.45) is 1.86. The number of nitrogens with zero attached hydrogens (tertiary/aromatic N) is 2. The number of halogens is 2. The van der Waals surface area contributed by atoms with Gasteiger partial charge in [0.05, 0.1) is 11.3 Å². The first-order valence-electron chi connectivity index (χ1n) is 7.17. The third kappa shape index (κ3) is 3.04. The Balaban J connectivity index is 2.11. The molecule has 1 heterocycles. The van der Waals surface area contributed by atoms with E-state index in [1.165, 1.54) is 12.1 Å². The van der Waals surface area contributed by atoms with E-state index in [0.717, 1.165) is 25.0 Å². The SMILES string of the molecule is Cc1nc(C(=O)NC2CC2)cc(-c2ccc(F)cc2F)c1C#N. The van der Waals surface area contributed by atoms with Crippen LogP contribution in [0, 0.1) is 29.9 Å². The van der Waals surface area contributed by atoms with E-state index >= 15 is 0 Å². The van der Waals surface area contributed by atoms with Gasteiger partial charge in [-0.05, 0) is 38.0 Å². The van der Waals surface area contributed by atoms with Crippen molar-refractivity contribution in [3.05, 3.63) is 52.9 Å². The van der Waals surface area contributed by atoms with Gasteiger partial charge in [0.2, 0.25) is 0 Å². The van der Waals surface area contributed by atoms with Gasteiger partial charge in [-0.2, -0.15) is 5.26 Å². The minimum atomic E-state index is -0.791. The Morgan fingerprint density at radius 3 is 2.65 bits per heavy atom. The molecule has 0 radical (unpaired) electrons. The molecule has 1 aromatic carbocycles. The lowest BCUT2D eigenvalue weighted by molar-refractivity contribution is 0.0946. The molecule has 1 saturated carbocycles. The van der Waals surface area contributed by atoms with Crippen LogP contribution in [0.1, 0.15) is 34.6 Å². The summed E-state index contributed by atoms with van der Waals surface area (Å²) in [6, 6.07) is 6.61. The molecule has 23 heavy (non-hydrogen) atoms. The molecule has 3 rings (SSSR count). The smallest absolute Gasteiger partial charge is 0.270 e. The number of rotatable bonds is 3. The zero-order valence-corrected chi connectivity index (χ0v) is 12.4. The molecule has 1 aliphatic rings. The summed E-state index contributed by atoms with van der Waals surface area (Å²) in [5, 5.41) is 12.1. The van der Waals surface area contributed by atoms with Gasteiger partial charge in [-0.3, -0.25) is 4.79 Å². The van der Waals surface area contributed by atoms with Crippen LogP contribution in [-0.4, -0.2) is 16.9 Å². The van der Waals surface area contributed by atoms with Gasteiger partial charge < -0.3 is 5.32 Å². The lowest BCUT2D eigenvalue weighted by atomic mass is 9.98. The first kappa shape index (κ1) is 15.1. The van der Waals surface area contributed by atoms with E-state index in [4.69, 9.17) is 0 Å². The van der Waals surface area contributed by atoms with Crippen molar-refractivity contribution >= 4 is 5.91 Å². The summed E-state index contributed by atoms with van der Waals surface area (Å²) in [5.41, 5.74) is 0.910. The Hall–Kier alpha value is -2.81. The lowest BCUT2D eigenvalue weighted by Gasteiger charge is -2.11. The predicted octanol–water partition coefficient (Wildman–Crippen LogP) is 3.10.